The number of hydrogen-bond donors (Lipinski definition) is 1. The van der Waals surface area contributed by atoms with Gasteiger partial charge in [0.1, 0.15) is 0 Å². The summed E-state index contributed by atoms with van der Waals surface area (Å²) in [5, 5.41) is 3.62. The molecule has 1 N–H and O–H groups in total. The Hall–Kier alpha value is -0.860. The summed E-state index contributed by atoms with van der Waals surface area (Å²) in [6, 6.07) is 9.27. The van der Waals surface area contributed by atoms with Gasteiger partial charge < -0.3 is 10.2 Å². The monoisotopic (exact) mass is 286 g/mol. The Kier molecular flexibility index (Phi) is 4.37. The summed E-state index contributed by atoms with van der Waals surface area (Å²) < 4.78 is 0. The van der Waals surface area contributed by atoms with Crippen molar-refractivity contribution in [3.63, 3.8) is 0 Å². The second kappa shape index (κ2) is 6.10. The molecule has 2 bridgehead atoms. The molecule has 3 rings (SSSR count). The third-order valence-electron chi connectivity index (χ3n) is 6.10. The summed E-state index contributed by atoms with van der Waals surface area (Å²) in [5.41, 5.74) is 4.31. The molecule has 2 aliphatic heterocycles. The first-order valence-corrected chi connectivity index (χ1v) is 8.53. The molecular weight excluding hydrogens is 256 g/mol. The normalized spacial score (nSPS) is 30.6. The smallest absolute Gasteiger partial charge is 0.0134 e. The van der Waals surface area contributed by atoms with Gasteiger partial charge in [0.2, 0.25) is 0 Å². The number of nitrogens with zero attached hydrogens (tertiary/aromatic N) is 1. The van der Waals surface area contributed by atoms with Crippen LogP contribution in [-0.4, -0.2) is 37.1 Å². The lowest BCUT2D eigenvalue weighted by Gasteiger charge is -2.40. The van der Waals surface area contributed by atoms with Gasteiger partial charge in [0.05, 0.1) is 0 Å². The first-order valence-electron chi connectivity index (χ1n) is 8.53. The van der Waals surface area contributed by atoms with Crippen molar-refractivity contribution < 1.29 is 0 Å². The number of hydrogen-bond acceptors (Lipinski definition) is 2. The van der Waals surface area contributed by atoms with Crippen LogP contribution in [0.2, 0.25) is 0 Å². The van der Waals surface area contributed by atoms with Crippen molar-refractivity contribution >= 4 is 0 Å². The van der Waals surface area contributed by atoms with Gasteiger partial charge in [-0.2, -0.15) is 0 Å². The second-order valence-electron chi connectivity index (χ2n) is 7.30. The average molecular weight is 286 g/mol. The molecule has 1 aromatic carbocycles. The molecule has 2 aliphatic rings. The molecule has 3 atom stereocenters. The van der Waals surface area contributed by atoms with Gasteiger partial charge >= 0.3 is 0 Å². The third-order valence-corrected chi connectivity index (χ3v) is 6.10. The topological polar surface area (TPSA) is 15.3 Å². The molecule has 0 saturated carbocycles. The first-order chi connectivity index (χ1) is 10.1. The largest absolute Gasteiger partial charge is 0.316 e. The van der Waals surface area contributed by atoms with Crippen LogP contribution in [0.5, 0.6) is 0 Å². The zero-order chi connectivity index (χ0) is 15.0. The fourth-order valence-electron chi connectivity index (χ4n) is 4.47. The molecule has 2 heterocycles. The van der Waals surface area contributed by atoms with E-state index in [-0.39, 0.29) is 0 Å². The van der Waals surface area contributed by atoms with E-state index in [4.69, 9.17) is 0 Å². The van der Waals surface area contributed by atoms with Crippen molar-refractivity contribution in [1.29, 1.82) is 0 Å². The summed E-state index contributed by atoms with van der Waals surface area (Å²) in [6.07, 6.45) is 6.76. The fourth-order valence-corrected chi connectivity index (χ4v) is 4.47. The molecule has 0 aromatic heterocycles. The van der Waals surface area contributed by atoms with E-state index in [1.165, 1.54) is 48.8 Å². The molecule has 2 heteroatoms. The van der Waals surface area contributed by atoms with E-state index in [1.807, 2.05) is 0 Å². The number of benzene rings is 1. The summed E-state index contributed by atoms with van der Waals surface area (Å²) in [6.45, 7) is 4.42. The molecule has 2 nitrogen and oxygen atoms in total. The highest BCUT2D eigenvalue weighted by Gasteiger charge is 2.40. The average Bonchev–Trinajstić information content (AvgIpc) is 2.70. The third kappa shape index (κ3) is 3.02. The predicted molar refractivity (Wildman–Crippen MR) is 89.8 cm³/mol. The zero-order valence-electron chi connectivity index (χ0n) is 14.0. The fraction of sp³-hybridized carbons (Fsp3) is 0.684. The van der Waals surface area contributed by atoms with E-state index in [9.17, 15) is 0 Å². The number of fused-ring (bicyclic) bond motifs is 2. The van der Waals surface area contributed by atoms with Gasteiger partial charge in [0, 0.05) is 18.1 Å². The molecule has 1 aromatic rings. The van der Waals surface area contributed by atoms with E-state index in [0.717, 1.165) is 18.0 Å². The summed E-state index contributed by atoms with van der Waals surface area (Å²) in [4.78, 5) is 2.64. The lowest BCUT2D eigenvalue weighted by molar-refractivity contribution is 0.114. The molecular formula is C19H30N2. The lowest BCUT2D eigenvalue weighted by Crippen LogP contribution is -2.47. The quantitative estimate of drug-likeness (QED) is 0.913. The molecule has 0 aliphatic carbocycles. The van der Waals surface area contributed by atoms with Crippen molar-refractivity contribution in [2.45, 2.75) is 64.1 Å². The van der Waals surface area contributed by atoms with Crippen LogP contribution < -0.4 is 5.32 Å². The zero-order valence-corrected chi connectivity index (χ0v) is 14.0. The van der Waals surface area contributed by atoms with Crippen molar-refractivity contribution in [2.24, 2.45) is 5.92 Å². The maximum absolute atomic E-state index is 3.62. The van der Waals surface area contributed by atoms with Crippen LogP contribution in [0.25, 0.3) is 0 Å². The van der Waals surface area contributed by atoms with Gasteiger partial charge in [-0.1, -0.05) is 18.2 Å². The Labute approximate surface area is 129 Å². The molecule has 2 saturated heterocycles. The summed E-state index contributed by atoms with van der Waals surface area (Å²) in [7, 11) is 4.47. The number of likely N-dealkylation sites (N-methyl/N-ethyl adjacent to an activating group) is 1. The van der Waals surface area contributed by atoms with Crippen LogP contribution in [0.3, 0.4) is 0 Å². The van der Waals surface area contributed by atoms with Crippen LogP contribution in [-0.2, 0) is 6.42 Å². The Morgan fingerprint density at radius 1 is 1.14 bits per heavy atom. The highest BCUT2D eigenvalue weighted by atomic mass is 15.2. The minimum Gasteiger partial charge on any atom is -0.316 e. The molecule has 2 fully saturated rings. The first kappa shape index (κ1) is 15.1. The van der Waals surface area contributed by atoms with E-state index in [2.05, 4.69) is 56.4 Å². The van der Waals surface area contributed by atoms with E-state index >= 15 is 0 Å². The minimum atomic E-state index is 0.629. The van der Waals surface area contributed by atoms with Gasteiger partial charge in [0.15, 0.2) is 0 Å². The van der Waals surface area contributed by atoms with Crippen molar-refractivity contribution in [1.82, 2.24) is 10.2 Å². The number of rotatable bonds is 4. The molecule has 0 amide bonds. The molecule has 21 heavy (non-hydrogen) atoms. The Balaban J connectivity index is 1.69. The Bertz CT molecular complexity index is 482. The van der Waals surface area contributed by atoms with Crippen molar-refractivity contribution in [2.75, 3.05) is 14.1 Å². The van der Waals surface area contributed by atoms with Gasteiger partial charge in [0.25, 0.3) is 0 Å². The standard InChI is InChI=1S/C19H30N2/c1-13-5-6-15(9-14(13)2)10-19(20-3)16-11-17-7-8-18(12-16)21(17)4/h5-6,9,16-20H,7-8,10-12H2,1-4H3. The van der Waals surface area contributed by atoms with Gasteiger partial charge in [-0.3, -0.25) is 0 Å². The maximum Gasteiger partial charge on any atom is 0.0134 e. The highest BCUT2D eigenvalue weighted by molar-refractivity contribution is 5.30. The van der Waals surface area contributed by atoms with Crippen molar-refractivity contribution in [3.8, 4) is 0 Å². The van der Waals surface area contributed by atoms with Crippen LogP contribution in [0, 0.1) is 19.8 Å². The molecule has 3 unspecified atom stereocenters. The summed E-state index contributed by atoms with van der Waals surface area (Å²) >= 11 is 0. The second-order valence-corrected chi connectivity index (χ2v) is 7.30. The van der Waals surface area contributed by atoms with Gasteiger partial charge in [-0.25, -0.2) is 0 Å². The van der Waals surface area contributed by atoms with Crippen LogP contribution in [0.4, 0.5) is 0 Å². The van der Waals surface area contributed by atoms with Crippen molar-refractivity contribution in [3.05, 3.63) is 34.9 Å². The number of aryl methyl sites for hydroxylation is 2. The van der Waals surface area contributed by atoms with Gasteiger partial charge in [-0.15, -0.1) is 0 Å². The lowest BCUT2D eigenvalue weighted by atomic mass is 9.82. The number of nitrogens with one attached hydrogen (secondary N) is 1. The minimum absolute atomic E-state index is 0.629. The van der Waals surface area contributed by atoms with Crippen LogP contribution in [0.1, 0.15) is 42.4 Å². The molecule has 116 valence electrons. The predicted octanol–water partition coefficient (Wildman–Crippen LogP) is 3.31. The maximum atomic E-state index is 3.62. The van der Waals surface area contributed by atoms with Crippen LogP contribution in [0.15, 0.2) is 18.2 Å². The summed E-state index contributed by atoms with van der Waals surface area (Å²) in [5.74, 6) is 0.838. The van der Waals surface area contributed by atoms with E-state index in [0.29, 0.717) is 6.04 Å². The number of piperidine rings is 1. The van der Waals surface area contributed by atoms with E-state index < -0.39 is 0 Å². The molecule has 0 spiro atoms. The molecule has 0 radical (unpaired) electrons. The highest BCUT2D eigenvalue weighted by Crippen LogP contribution is 2.39. The van der Waals surface area contributed by atoms with Crippen LogP contribution >= 0.6 is 0 Å². The Morgan fingerprint density at radius 3 is 2.38 bits per heavy atom. The Morgan fingerprint density at radius 2 is 1.81 bits per heavy atom. The van der Waals surface area contributed by atoms with E-state index in [1.54, 1.807) is 0 Å². The SMILES string of the molecule is CNC(Cc1ccc(C)c(C)c1)C1CC2CCC(C1)N2C. The van der Waals surface area contributed by atoms with Gasteiger partial charge in [-0.05, 0) is 82.7 Å².